The summed E-state index contributed by atoms with van der Waals surface area (Å²) in [5.74, 6) is -0.500. The monoisotopic (exact) mass is 351 g/mol. The minimum Gasteiger partial charge on any atom is -0.468 e. The Hall–Kier alpha value is -1.90. The Morgan fingerprint density at radius 1 is 1.20 bits per heavy atom. The van der Waals surface area contributed by atoms with Crippen LogP contribution in [0.25, 0.3) is 0 Å². The van der Waals surface area contributed by atoms with Crippen LogP contribution in [0.4, 0.5) is 0 Å². The Labute approximate surface area is 146 Å². The minimum atomic E-state index is -0.636. The number of nitrogens with zero attached hydrogens (tertiary/aromatic N) is 1. The lowest BCUT2D eigenvalue weighted by atomic mass is 10.1. The van der Waals surface area contributed by atoms with Crippen LogP contribution in [-0.4, -0.2) is 68.8 Å². The molecule has 8 nitrogen and oxygen atoms in total. The molecule has 138 valence electrons. The summed E-state index contributed by atoms with van der Waals surface area (Å²) < 4.78 is 16.3. The van der Waals surface area contributed by atoms with Gasteiger partial charge in [-0.25, -0.2) is 0 Å². The predicted molar refractivity (Wildman–Crippen MR) is 88.8 cm³/mol. The van der Waals surface area contributed by atoms with E-state index in [1.54, 1.807) is 6.26 Å². The molecule has 25 heavy (non-hydrogen) atoms. The normalized spacial score (nSPS) is 22.5. The third kappa shape index (κ3) is 5.04. The largest absolute Gasteiger partial charge is 0.468 e. The lowest BCUT2D eigenvalue weighted by Crippen LogP contribution is -2.47. The molecule has 0 radical (unpaired) electrons. The van der Waals surface area contributed by atoms with Crippen molar-refractivity contribution in [1.29, 1.82) is 0 Å². The molecule has 2 N–H and O–H groups in total. The fourth-order valence-electron chi connectivity index (χ4n) is 3.14. The molecule has 0 unspecified atom stereocenters. The van der Waals surface area contributed by atoms with Gasteiger partial charge in [-0.1, -0.05) is 0 Å². The van der Waals surface area contributed by atoms with Gasteiger partial charge in [0.1, 0.15) is 5.76 Å². The van der Waals surface area contributed by atoms with E-state index < -0.39 is 11.8 Å². The third-order valence-electron chi connectivity index (χ3n) is 4.53. The molecule has 8 heteroatoms. The SMILES string of the molecule is O=C(NC[C@H]1CCCO1)C(=O)NC[C@H](c1ccco1)N1CCOCC1. The van der Waals surface area contributed by atoms with E-state index in [1.807, 2.05) is 12.1 Å². The number of carbonyl (C=O) groups excluding carboxylic acids is 2. The number of amides is 2. The molecule has 2 atom stereocenters. The van der Waals surface area contributed by atoms with Crippen LogP contribution in [0, 0.1) is 0 Å². The first-order chi connectivity index (χ1) is 12.2. The summed E-state index contributed by atoms with van der Waals surface area (Å²) in [6, 6.07) is 3.58. The number of rotatable bonds is 6. The standard InChI is InChI=1S/C17H25N3O5/c21-16(18-11-13-3-1-7-24-13)17(22)19-12-14(15-4-2-8-25-15)20-5-9-23-10-6-20/h2,4,8,13-14H,1,3,5-7,9-12H2,(H,18,21)(H,19,22)/t13-,14-/m1/s1. The van der Waals surface area contributed by atoms with E-state index in [1.165, 1.54) is 0 Å². The van der Waals surface area contributed by atoms with Crippen LogP contribution in [0.5, 0.6) is 0 Å². The quantitative estimate of drug-likeness (QED) is 0.705. The number of carbonyl (C=O) groups is 2. The first kappa shape index (κ1) is 17.9. The Morgan fingerprint density at radius 3 is 2.68 bits per heavy atom. The fraction of sp³-hybridized carbons (Fsp3) is 0.647. The van der Waals surface area contributed by atoms with Crippen LogP contribution in [0.1, 0.15) is 24.6 Å². The third-order valence-corrected chi connectivity index (χ3v) is 4.53. The number of ether oxygens (including phenoxy) is 2. The second kappa shape index (κ2) is 8.98. The number of morpholine rings is 1. The van der Waals surface area contributed by atoms with Gasteiger partial charge in [-0.2, -0.15) is 0 Å². The van der Waals surface area contributed by atoms with Gasteiger partial charge in [-0.3, -0.25) is 14.5 Å². The van der Waals surface area contributed by atoms with Crippen LogP contribution >= 0.6 is 0 Å². The van der Waals surface area contributed by atoms with Gasteiger partial charge >= 0.3 is 11.8 Å². The molecule has 0 spiro atoms. The fourth-order valence-corrected chi connectivity index (χ4v) is 3.14. The molecule has 1 aromatic heterocycles. The van der Waals surface area contributed by atoms with Crippen LogP contribution in [0.3, 0.4) is 0 Å². The molecule has 2 amide bonds. The van der Waals surface area contributed by atoms with E-state index in [2.05, 4.69) is 15.5 Å². The maximum Gasteiger partial charge on any atom is 0.309 e. The molecule has 1 aromatic rings. The average molecular weight is 351 g/mol. The zero-order valence-corrected chi connectivity index (χ0v) is 14.2. The molecule has 0 aromatic carbocycles. The molecule has 2 fully saturated rings. The lowest BCUT2D eigenvalue weighted by Gasteiger charge is -2.33. The molecule has 2 aliphatic rings. The predicted octanol–water partition coefficient (Wildman–Crippen LogP) is 0.0643. The Balaban J connectivity index is 1.49. The van der Waals surface area contributed by atoms with Crippen LogP contribution in [-0.2, 0) is 19.1 Å². The molecule has 2 saturated heterocycles. The molecule has 0 bridgehead atoms. The van der Waals surface area contributed by atoms with Crippen molar-refractivity contribution < 1.29 is 23.5 Å². The molecule has 2 aliphatic heterocycles. The topological polar surface area (TPSA) is 93.0 Å². The van der Waals surface area contributed by atoms with Crippen LogP contribution < -0.4 is 10.6 Å². The molecule has 0 saturated carbocycles. The van der Waals surface area contributed by atoms with Crippen molar-refractivity contribution in [2.75, 3.05) is 46.0 Å². The van der Waals surface area contributed by atoms with Crippen molar-refractivity contribution in [3.05, 3.63) is 24.2 Å². The van der Waals surface area contributed by atoms with E-state index in [0.29, 0.717) is 26.3 Å². The minimum absolute atomic E-state index is 0.0148. The van der Waals surface area contributed by atoms with E-state index in [-0.39, 0.29) is 12.1 Å². The van der Waals surface area contributed by atoms with Gasteiger partial charge in [0, 0.05) is 32.8 Å². The van der Waals surface area contributed by atoms with Crippen molar-refractivity contribution in [2.24, 2.45) is 0 Å². The Bertz CT molecular complexity index is 551. The van der Waals surface area contributed by atoms with Gasteiger partial charge in [-0.15, -0.1) is 0 Å². The highest BCUT2D eigenvalue weighted by Gasteiger charge is 2.26. The molecular formula is C17H25N3O5. The number of hydrogen-bond donors (Lipinski definition) is 2. The van der Waals surface area contributed by atoms with Crippen molar-refractivity contribution in [1.82, 2.24) is 15.5 Å². The summed E-state index contributed by atoms with van der Waals surface area (Å²) in [7, 11) is 0. The lowest BCUT2D eigenvalue weighted by molar-refractivity contribution is -0.139. The molecular weight excluding hydrogens is 326 g/mol. The van der Waals surface area contributed by atoms with Gasteiger partial charge in [0.25, 0.3) is 0 Å². The number of furan rings is 1. The summed E-state index contributed by atoms with van der Waals surface area (Å²) in [5, 5.41) is 5.34. The summed E-state index contributed by atoms with van der Waals surface area (Å²) >= 11 is 0. The zero-order valence-electron chi connectivity index (χ0n) is 14.2. The molecule has 0 aliphatic carbocycles. The van der Waals surface area contributed by atoms with Gasteiger partial charge in [0.15, 0.2) is 0 Å². The van der Waals surface area contributed by atoms with Crippen LogP contribution in [0.15, 0.2) is 22.8 Å². The summed E-state index contributed by atoms with van der Waals surface area (Å²) in [6.45, 7) is 4.20. The number of hydrogen-bond acceptors (Lipinski definition) is 6. The van der Waals surface area contributed by atoms with Gasteiger partial charge in [0.2, 0.25) is 0 Å². The zero-order chi connectivity index (χ0) is 17.5. The Morgan fingerprint density at radius 2 is 2.00 bits per heavy atom. The van der Waals surface area contributed by atoms with Crippen molar-refractivity contribution >= 4 is 11.8 Å². The Kier molecular flexibility index (Phi) is 6.43. The van der Waals surface area contributed by atoms with Crippen molar-refractivity contribution in [3.63, 3.8) is 0 Å². The van der Waals surface area contributed by atoms with E-state index >= 15 is 0 Å². The number of nitrogens with one attached hydrogen (secondary N) is 2. The van der Waals surface area contributed by atoms with Gasteiger partial charge < -0.3 is 24.5 Å². The average Bonchev–Trinajstić information content (AvgIpc) is 3.34. The van der Waals surface area contributed by atoms with E-state index in [0.717, 1.165) is 38.3 Å². The highest BCUT2D eigenvalue weighted by atomic mass is 16.5. The molecule has 3 heterocycles. The van der Waals surface area contributed by atoms with Crippen molar-refractivity contribution in [2.45, 2.75) is 25.0 Å². The first-order valence-corrected chi connectivity index (χ1v) is 8.77. The second-order valence-corrected chi connectivity index (χ2v) is 6.23. The second-order valence-electron chi connectivity index (χ2n) is 6.23. The van der Waals surface area contributed by atoms with Gasteiger partial charge in [-0.05, 0) is 25.0 Å². The maximum absolute atomic E-state index is 12.1. The van der Waals surface area contributed by atoms with E-state index in [4.69, 9.17) is 13.9 Å². The van der Waals surface area contributed by atoms with Crippen molar-refractivity contribution in [3.8, 4) is 0 Å². The maximum atomic E-state index is 12.1. The van der Waals surface area contributed by atoms with Gasteiger partial charge in [0.05, 0.1) is 31.6 Å². The molecule has 3 rings (SSSR count). The van der Waals surface area contributed by atoms with E-state index in [9.17, 15) is 9.59 Å². The smallest absolute Gasteiger partial charge is 0.309 e. The highest BCUT2D eigenvalue weighted by Crippen LogP contribution is 2.21. The summed E-state index contributed by atoms with van der Waals surface area (Å²) in [6.07, 6.45) is 3.54. The highest BCUT2D eigenvalue weighted by molar-refractivity contribution is 6.35. The summed E-state index contributed by atoms with van der Waals surface area (Å²) in [4.78, 5) is 26.2. The first-order valence-electron chi connectivity index (χ1n) is 8.77. The summed E-state index contributed by atoms with van der Waals surface area (Å²) in [5.41, 5.74) is 0. The van der Waals surface area contributed by atoms with Crippen LogP contribution in [0.2, 0.25) is 0 Å².